The molecule has 41 heavy (non-hydrogen) atoms. The third-order valence-corrected chi connectivity index (χ3v) is 5.93. The first-order valence-corrected chi connectivity index (χ1v) is 13.3. The average Bonchev–Trinajstić information content (AvgIpc) is 2.94. The lowest BCUT2D eigenvalue weighted by Gasteiger charge is -2.24. The molecule has 0 heterocycles. The molecule has 13 nitrogen and oxygen atoms in total. The van der Waals surface area contributed by atoms with Gasteiger partial charge in [-0.05, 0) is 49.4 Å². The van der Waals surface area contributed by atoms with Crippen LogP contribution in [0.4, 0.5) is 0 Å². The zero-order chi connectivity index (χ0) is 30.2. The number of esters is 1. The monoisotopic (exact) mass is 569 g/mol. The summed E-state index contributed by atoms with van der Waals surface area (Å²) in [7, 11) is 0. The number of benzene rings is 2. The number of guanidine groups is 1. The van der Waals surface area contributed by atoms with E-state index in [9.17, 15) is 24.3 Å². The zero-order valence-corrected chi connectivity index (χ0v) is 23.0. The quantitative estimate of drug-likeness (QED) is 0.0581. The van der Waals surface area contributed by atoms with Crippen molar-refractivity contribution in [2.24, 2.45) is 22.2 Å². The molecule has 0 aliphatic heterocycles. The molecule has 0 aliphatic rings. The molecule has 3 amide bonds. The number of nitrogens with zero attached hydrogens (tertiary/aromatic N) is 1. The van der Waals surface area contributed by atoms with E-state index in [1.807, 2.05) is 6.07 Å². The normalized spacial score (nSPS) is 12.7. The van der Waals surface area contributed by atoms with Crippen LogP contribution in [0.25, 0.3) is 0 Å². The highest BCUT2D eigenvalue weighted by atomic mass is 16.5. The number of nitrogens with two attached hydrogens (primary N) is 3. The van der Waals surface area contributed by atoms with Crippen LogP contribution in [0.15, 0.2) is 59.6 Å². The number of ether oxygens (including phenoxy) is 1. The van der Waals surface area contributed by atoms with Crippen molar-refractivity contribution in [3.05, 3.63) is 65.7 Å². The van der Waals surface area contributed by atoms with Gasteiger partial charge in [0.2, 0.25) is 17.7 Å². The second-order valence-electron chi connectivity index (χ2n) is 9.26. The number of amides is 3. The van der Waals surface area contributed by atoms with Crippen molar-refractivity contribution < 1.29 is 29.0 Å². The van der Waals surface area contributed by atoms with E-state index in [-0.39, 0.29) is 50.7 Å². The van der Waals surface area contributed by atoms with Gasteiger partial charge in [0.25, 0.3) is 0 Å². The maximum absolute atomic E-state index is 13.4. The van der Waals surface area contributed by atoms with Crippen molar-refractivity contribution >= 4 is 29.7 Å². The Hall–Kier alpha value is -4.65. The van der Waals surface area contributed by atoms with Gasteiger partial charge in [-0.15, -0.1) is 0 Å². The van der Waals surface area contributed by atoms with Gasteiger partial charge in [-0.1, -0.05) is 42.5 Å². The van der Waals surface area contributed by atoms with E-state index in [0.29, 0.717) is 6.42 Å². The molecule has 0 saturated carbocycles. The Morgan fingerprint density at radius 3 is 2.15 bits per heavy atom. The summed E-state index contributed by atoms with van der Waals surface area (Å²) in [4.78, 5) is 55.0. The fourth-order valence-corrected chi connectivity index (χ4v) is 3.86. The second-order valence-corrected chi connectivity index (χ2v) is 9.26. The molecule has 222 valence electrons. The summed E-state index contributed by atoms with van der Waals surface area (Å²) in [5, 5.41) is 17.3. The molecule has 0 fully saturated rings. The molecule has 0 saturated heterocycles. The summed E-state index contributed by atoms with van der Waals surface area (Å²) in [6, 6.07) is 12.2. The van der Waals surface area contributed by atoms with Gasteiger partial charge < -0.3 is 43.0 Å². The summed E-state index contributed by atoms with van der Waals surface area (Å²) in [6.07, 6.45) is 0.808. The predicted molar refractivity (Wildman–Crippen MR) is 153 cm³/mol. The van der Waals surface area contributed by atoms with E-state index in [1.54, 1.807) is 43.3 Å². The van der Waals surface area contributed by atoms with Gasteiger partial charge in [0.05, 0.1) is 12.6 Å². The molecule has 3 unspecified atom stereocenters. The van der Waals surface area contributed by atoms with Gasteiger partial charge in [-0.2, -0.15) is 0 Å². The van der Waals surface area contributed by atoms with Gasteiger partial charge in [-0.3, -0.25) is 24.2 Å². The van der Waals surface area contributed by atoms with E-state index in [0.717, 1.165) is 11.1 Å². The number of rotatable bonds is 16. The number of phenolic OH excluding ortho intramolecular Hbond substituents is 1. The van der Waals surface area contributed by atoms with E-state index >= 15 is 0 Å². The molecular weight excluding hydrogens is 530 g/mol. The molecule has 3 atom stereocenters. The van der Waals surface area contributed by atoms with Crippen LogP contribution in [0, 0.1) is 0 Å². The lowest BCUT2D eigenvalue weighted by Crippen LogP contribution is -2.56. The lowest BCUT2D eigenvalue weighted by atomic mass is 10.0. The first-order valence-electron chi connectivity index (χ1n) is 13.3. The second kappa shape index (κ2) is 17.1. The summed E-state index contributed by atoms with van der Waals surface area (Å²) < 4.78 is 4.85. The fraction of sp³-hybridized carbons (Fsp3) is 0.393. The number of nitrogens with one attached hydrogen (secondary N) is 3. The molecule has 0 radical (unpaired) electrons. The van der Waals surface area contributed by atoms with Gasteiger partial charge in [0.15, 0.2) is 5.96 Å². The van der Waals surface area contributed by atoms with Crippen LogP contribution in [-0.4, -0.2) is 72.6 Å². The zero-order valence-electron chi connectivity index (χ0n) is 23.0. The number of hydrogen-bond donors (Lipinski definition) is 7. The summed E-state index contributed by atoms with van der Waals surface area (Å²) in [5.41, 5.74) is 18.4. The molecule has 0 bridgehead atoms. The smallest absolute Gasteiger partial charge is 0.325 e. The molecule has 0 aliphatic carbocycles. The Labute approximate surface area is 238 Å². The number of aliphatic imine (C=N–C) groups is 1. The van der Waals surface area contributed by atoms with E-state index in [2.05, 4.69) is 20.9 Å². The number of carbonyl (C=O) groups is 4. The summed E-state index contributed by atoms with van der Waals surface area (Å²) in [6.45, 7) is 1.67. The van der Waals surface area contributed by atoms with Gasteiger partial charge >= 0.3 is 5.97 Å². The Balaban J connectivity index is 2.16. The van der Waals surface area contributed by atoms with Crippen molar-refractivity contribution in [3.8, 4) is 5.75 Å². The molecular formula is C28H39N7O6. The first-order chi connectivity index (χ1) is 19.6. The SMILES string of the molecule is CCOC(=O)CNC(=O)C(Cc1ccccc1)NC(=O)C(CCCN=C(N)N)NC(=O)C(N)Cc1ccc(O)cc1. The molecule has 2 rings (SSSR count). The third-order valence-electron chi connectivity index (χ3n) is 5.93. The number of phenols is 1. The maximum atomic E-state index is 13.4. The minimum absolute atomic E-state index is 0.0839. The number of hydrogen-bond acceptors (Lipinski definition) is 8. The molecule has 10 N–H and O–H groups in total. The Morgan fingerprint density at radius 1 is 0.878 bits per heavy atom. The van der Waals surface area contributed by atoms with Crippen LogP contribution in [0.2, 0.25) is 0 Å². The average molecular weight is 570 g/mol. The van der Waals surface area contributed by atoms with Gasteiger partial charge in [0, 0.05) is 13.0 Å². The van der Waals surface area contributed by atoms with Gasteiger partial charge in [-0.25, -0.2) is 0 Å². The Morgan fingerprint density at radius 2 is 1.51 bits per heavy atom. The minimum Gasteiger partial charge on any atom is -0.508 e. The first kappa shape index (κ1) is 32.6. The maximum Gasteiger partial charge on any atom is 0.325 e. The minimum atomic E-state index is -1.06. The van der Waals surface area contributed by atoms with Crippen molar-refractivity contribution in [2.45, 2.75) is 50.7 Å². The highest BCUT2D eigenvalue weighted by Gasteiger charge is 2.28. The summed E-state index contributed by atoms with van der Waals surface area (Å²) in [5.74, 6) is -2.42. The van der Waals surface area contributed by atoms with E-state index in [4.69, 9.17) is 21.9 Å². The fourth-order valence-electron chi connectivity index (χ4n) is 3.86. The van der Waals surface area contributed by atoms with Crippen LogP contribution < -0.4 is 33.2 Å². The van der Waals surface area contributed by atoms with Crippen LogP contribution in [-0.2, 0) is 36.8 Å². The highest BCUT2D eigenvalue weighted by Crippen LogP contribution is 2.11. The van der Waals surface area contributed by atoms with E-state index in [1.165, 1.54) is 12.1 Å². The Kier molecular flexibility index (Phi) is 13.6. The number of carbonyl (C=O) groups excluding carboxylic acids is 4. The van der Waals surface area contributed by atoms with Crippen LogP contribution in [0.3, 0.4) is 0 Å². The molecule has 2 aromatic rings. The predicted octanol–water partition coefficient (Wildman–Crippen LogP) is -0.793. The van der Waals surface area contributed by atoms with Crippen LogP contribution in [0.5, 0.6) is 5.75 Å². The molecule has 0 spiro atoms. The third kappa shape index (κ3) is 12.4. The molecule has 13 heteroatoms. The topological polar surface area (TPSA) is 224 Å². The largest absolute Gasteiger partial charge is 0.508 e. The Bertz CT molecular complexity index is 1170. The van der Waals surface area contributed by atoms with Crippen molar-refractivity contribution in [1.82, 2.24) is 16.0 Å². The highest BCUT2D eigenvalue weighted by molar-refractivity contribution is 5.94. The van der Waals surface area contributed by atoms with Crippen LogP contribution >= 0.6 is 0 Å². The van der Waals surface area contributed by atoms with Gasteiger partial charge in [0.1, 0.15) is 24.4 Å². The summed E-state index contributed by atoms with van der Waals surface area (Å²) >= 11 is 0. The standard InChI is InChI=1S/C28H39N7O6/c1-2-41-24(37)17-33-26(39)23(16-18-7-4-3-5-8-18)35-27(40)22(9-6-14-32-28(30)31)34-25(38)21(29)15-19-10-12-20(36)13-11-19/h3-5,7-8,10-13,21-23,36H,2,6,9,14-17,29H2,1H3,(H,33,39)(H,34,38)(H,35,40)(H4,30,31,32). The van der Waals surface area contributed by atoms with Crippen molar-refractivity contribution in [2.75, 3.05) is 19.7 Å². The van der Waals surface area contributed by atoms with Crippen LogP contribution in [0.1, 0.15) is 30.9 Å². The van der Waals surface area contributed by atoms with Crippen molar-refractivity contribution in [3.63, 3.8) is 0 Å². The molecule has 0 aromatic heterocycles. The molecule has 2 aromatic carbocycles. The van der Waals surface area contributed by atoms with Crippen molar-refractivity contribution in [1.29, 1.82) is 0 Å². The van der Waals surface area contributed by atoms with E-state index < -0.39 is 41.8 Å². The number of aromatic hydroxyl groups is 1. The lowest BCUT2D eigenvalue weighted by molar-refractivity contribution is -0.143.